The minimum Gasteiger partial charge on any atom is -0.464 e. The lowest BCUT2D eigenvalue weighted by atomic mass is 10.1. The third-order valence-electron chi connectivity index (χ3n) is 2.55. The first-order valence-corrected chi connectivity index (χ1v) is 5.12. The van der Waals surface area contributed by atoms with Crippen molar-refractivity contribution in [1.29, 1.82) is 0 Å². The van der Waals surface area contributed by atoms with Crippen LogP contribution in [0.25, 0.3) is 11.0 Å². The molecule has 2 aromatic heterocycles. The maximum Gasteiger partial charge on any atom is 0.199 e. The summed E-state index contributed by atoms with van der Waals surface area (Å²) in [4.78, 5) is 19.8. The molecule has 4 heteroatoms. The van der Waals surface area contributed by atoms with E-state index >= 15 is 0 Å². The van der Waals surface area contributed by atoms with E-state index in [0.29, 0.717) is 16.7 Å². The van der Waals surface area contributed by atoms with Crippen molar-refractivity contribution in [3.63, 3.8) is 0 Å². The highest BCUT2D eigenvalue weighted by atomic mass is 16.3. The molecule has 0 aliphatic heterocycles. The lowest BCUT2D eigenvalue weighted by Crippen LogP contribution is -2.01. The van der Waals surface area contributed by atoms with Gasteiger partial charge in [-0.2, -0.15) is 0 Å². The van der Waals surface area contributed by atoms with Gasteiger partial charge in [0.1, 0.15) is 18.2 Å². The first kappa shape index (κ1) is 9.72. The van der Waals surface area contributed by atoms with Crippen LogP contribution in [0.5, 0.6) is 0 Å². The molecule has 82 valence electrons. The van der Waals surface area contributed by atoms with Crippen molar-refractivity contribution >= 4 is 16.8 Å². The van der Waals surface area contributed by atoms with Gasteiger partial charge >= 0.3 is 0 Å². The highest BCUT2D eigenvalue weighted by Crippen LogP contribution is 2.22. The van der Waals surface area contributed by atoms with Crippen molar-refractivity contribution in [1.82, 2.24) is 9.97 Å². The molecule has 0 saturated heterocycles. The average molecular weight is 224 g/mol. The van der Waals surface area contributed by atoms with Crippen molar-refractivity contribution in [3.05, 3.63) is 60.4 Å². The molecule has 0 fully saturated rings. The molecule has 0 radical (unpaired) electrons. The Hall–Kier alpha value is -2.49. The number of rotatable bonds is 2. The van der Waals surface area contributed by atoms with E-state index in [1.807, 2.05) is 24.3 Å². The first-order chi connectivity index (χ1) is 8.36. The smallest absolute Gasteiger partial charge is 0.199 e. The van der Waals surface area contributed by atoms with Gasteiger partial charge in [-0.25, -0.2) is 9.97 Å². The quantitative estimate of drug-likeness (QED) is 0.627. The molecule has 3 aromatic rings. The van der Waals surface area contributed by atoms with Gasteiger partial charge in [0.2, 0.25) is 0 Å². The fraction of sp³-hybridized carbons (Fsp3) is 0. The van der Waals surface area contributed by atoms with Crippen LogP contribution in [0.2, 0.25) is 0 Å². The van der Waals surface area contributed by atoms with Crippen LogP contribution in [0.15, 0.2) is 53.7 Å². The van der Waals surface area contributed by atoms with Crippen LogP contribution >= 0.6 is 0 Å². The molecular weight excluding hydrogens is 216 g/mol. The van der Waals surface area contributed by atoms with E-state index in [4.69, 9.17) is 4.42 Å². The van der Waals surface area contributed by atoms with Crippen molar-refractivity contribution in [2.45, 2.75) is 0 Å². The van der Waals surface area contributed by atoms with Gasteiger partial charge in [-0.1, -0.05) is 18.2 Å². The molecule has 0 aliphatic rings. The summed E-state index contributed by atoms with van der Waals surface area (Å²) in [6.07, 6.45) is 5.86. The molecule has 0 N–H and O–H groups in total. The van der Waals surface area contributed by atoms with Crippen LogP contribution in [0.4, 0.5) is 0 Å². The predicted octanol–water partition coefficient (Wildman–Crippen LogP) is 2.45. The largest absolute Gasteiger partial charge is 0.464 e. The summed E-state index contributed by atoms with van der Waals surface area (Å²) in [7, 11) is 0. The molecule has 0 amide bonds. The number of nitrogens with zero attached hydrogens (tertiary/aromatic N) is 2. The van der Waals surface area contributed by atoms with Crippen LogP contribution in [0, 0.1) is 0 Å². The lowest BCUT2D eigenvalue weighted by molar-refractivity contribution is 0.103. The summed E-state index contributed by atoms with van der Waals surface area (Å²) in [5.74, 6) is -0.129. The number of ketones is 1. The van der Waals surface area contributed by atoms with Gasteiger partial charge in [0.15, 0.2) is 5.78 Å². The molecule has 2 heterocycles. The van der Waals surface area contributed by atoms with Crippen LogP contribution in [0.3, 0.4) is 0 Å². The summed E-state index contributed by atoms with van der Waals surface area (Å²) in [5, 5.41) is 0.807. The SMILES string of the molecule is O=C(c1cncnc1)c1coc2ccccc12. The third kappa shape index (κ3) is 1.59. The zero-order valence-electron chi connectivity index (χ0n) is 8.83. The molecule has 0 atom stereocenters. The number of fused-ring (bicyclic) bond motifs is 1. The molecule has 4 nitrogen and oxygen atoms in total. The summed E-state index contributed by atoms with van der Waals surface area (Å²) < 4.78 is 5.33. The maximum absolute atomic E-state index is 12.2. The number of carbonyl (C=O) groups excluding carboxylic acids is 1. The molecule has 0 spiro atoms. The van der Waals surface area contributed by atoms with Gasteiger partial charge in [0.05, 0.1) is 11.1 Å². The van der Waals surface area contributed by atoms with Gasteiger partial charge in [-0.05, 0) is 6.07 Å². The number of hydrogen-bond acceptors (Lipinski definition) is 4. The second kappa shape index (κ2) is 3.83. The van der Waals surface area contributed by atoms with E-state index in [1.165, 1.54) is 25.0 Å². The van der Waals surface area contributed by atoms with E-state index in [9.17, 15) is 4.79 Å². The Morgan fingerprint density at radius 3 is 2.71 bits per heavy atom. The van der Waals surface area contributed by atoms with Gasteiger partial charge < -0.3 is 4.42 Å². The molecule has 0 aliphatic carbocycles. The zero-order chi connectivity index (χ0) is 11.7. The van der Waals surface area contributed by atoms with Crippen LogP contribution in [-0.4, -0.2) is 15.8 Å². The Morgan fingerprint density at radius 2 is 1.88 bits per heavy atom. The van der Waals surface area contributed by atoms with Gasteiger partial charge in [0, 0.05) is 17.8 Å². The Kier molecular flexibility index (Phi) is 2.19. The van der Waals surface area contributed by atoms with Crippen molar-refractivity contribution in [2.24, 2.45) is 0 Å². The summed E-state index contributed by atoms with van der Waals surface area (Å²) in [5.41, 5.74) is 1.70. The van der Waals surface area contributed by atoms with Crippen LogP contribution in [0.1, 0.15) is 15.9 Å². The van der Waals surface area contributed by atoms with E-state index < -0.39 is 0 Å². The molecule has 0 unspecified atom stereocenters. The fourth-order valence-corrected chi connectivity index (χ4v) is 1.73. The second-order valence-corrected chi connectivity index (χ2v) is 3.60. The minimum absolute atomic E-state index is 0.129. The van der Waals surface area contributed by atoms with Crippen molar-refractivity contribution < 1.29 is 9.21 Å². The van der Waals surface area contributed by atoms with Gasteiger partial charge in [0.25, 0.3) is 0 Å². The standard InChI is InChI=1S/C13H8N2O2/c16-13(9-5-14-8-15-6-9)11-7-17-12-4-2-1-3-10(11)12/h1-8H. The predicted molar refractivity (Wildman–Crippen MR) is 61.7 cm³/mol. The summed E-state index contributed by atoms with van der Waals surface area (Å²) in [6, 6.07) is 7.42. The molecular formula is C13H8N2O2. The second-order valence-electron chi connectivity index (χ2n) is 3.60. The molecule has 3 rings (SSSR count). The van der Waals surface area contributed by atoms with Gasteiger partial charge in [-0.3, -0.25) is 4.79 Å². The number of benzene rings is 1. The molecule has 17 heavy (non-hydrogen) atoms. The summed E-state index contributed by atoms with van der Waals surface area (Å²) >= 11 is 0. The first-order valence-electron chi connectivity index (χ1n) is 5.12. The Morgan fingerprint density at radius 1 is 1.12 bits per heavy atom. The number of para-hydroxylation sites is 1. The lowest BCUT2D eigenvalue weighted by Gasteiger charge is -1.96. The highest BCUT2D eigenvalue weighted by molar-refractivity contribution is 6.15. The average Bonchev–Trinajstić information content (AvgIpc) is 2.83. The van der Waals surface area contributed by atoms with E-state index in [0.717, 1.165) is 5.39 Å². The Bertz CT molecular complexity index is 674. The summed E-state index contributed by atoms with van der Waals surface area (Å²) in [6.45, 7) is 0. The van der Waals surface area contributed by atoms with Crippen molar-refractivity contribution in [3.8, 4) is 0 Å². The molecule has 0 saturated carbocycles. The van der Waals surface area contributed by atoms with E-state index in [2.05, 4.69) is 9.97 Å². The maximum atomic E-state index is 12.2. The van der Waals surface area contributed by atoms with E-state index in [-0.39, 0.29) is 5.78 Å². The topological polar surface area (TPSA) is 56.0 Å². The van der Waals surface area contributed by atoms with E-state index in [1.54, 1.807) is 0 Å². The zero-order valence-corrected chi connectivity index (χ0v) is 8.83. The third-order valence-corrected chi connectivity index (χ3v) is 2.55. The number of aromatic nitrogens is 2. The number of hydrogen-bond donors (Lipinski definition) is 0. The molecule has 0 bridgehead atoms. The Balaban J connectivity index is 2.14. The minimum atomic E-state index is -0.129. The van der Waals surface area contributed by atoms with Crippen LogP contribution < -0.4 is 0 Å². The van der Waals surface area contributed by atoms with Crippen LogP contribution in [-0.2, 0) is 0 Å². The fourth-order valence-electron chi connectivity index (χ4n) is 1.73. The monoisotopic (exact) mass is 224 g/mol. The molecule has 1 aromatic carbocycles. The van der Waals surface area contributed by atoms with Crippen molar-refractivity contribution in [2.75, 3.05) is 0 Å². The Labute approximate surface area is 96.9 Å². The number of carbonyl (C=O) groups is 1. The number of furan rings is 1. The highest BCUT2D eigenvalue weighted by Gasteiger charge is 2.15. The normalized spacial score (nSPS) is 10.6. The van der Waals surface area contributed by atoms with Gasteiger partial charge in [-0.15, -0.1) is 0 Å².